The first-order valence-corrected chi connectivity index (χ1v) is 13.0. The van der Waals surface area contributed by atoms with E-state index in [-0.39, 0.29) is 11.4 Å². The van der Waals surface area contributed by atoms with Crippen LogP contribution in [0.25, 0.3) is 22.5 Å². The molecule has 5 rings (SSSR count). The Labute approximate surface area is 225 Å². The summed E-state index contributed by atoms with van der Waals surface area (Å²) in [5.41, 5.74) is 5.87. The van der Waals surface area contributed by atoms with Crippen molar-refractivity contribution in [1.29, 1.82) is 0 Å². The highest BCUT2D eigenvalue weighted by atomic mass is 19.1. The first-order valence-electron chi connectivity index (χ1n) is 13.0. The molecule has 7 nitrogen and oxygen atoms in total. The fourth-order valence-electron chi connectivity index (χ4n) is 4.74. The molecule has 0 bridgehead atoms. The van der Waals surface area contributed by atoms with Gasteiger partial charge in [-0.15, -0.1) is 0 Å². The normalized spacial score (nSPS) is 11.2. The molecular formula is C31H29FN4O3. The van der Waals surface area contributed by atoms with Crippen LogP contribution in [0.3, 0.4) is 0 Å². The number of hydrogen-bond donors (Lipinski definition) is 1. The summed E-state index contributed by atoms with van der Waals surface area (Å²) in [7, 11) is 0. The minimum absolute atomic E-state index is 0.0673. The van der Waals surface area contributed by atoms with Gasteiger partial charge in [-0.25, -0.2) is 14.2 Å². The highest BCUT2D eigenvalue weighted by molar-refractivity contribution is 5.80. The van der Waals surface area contributed by atoms with E-state index in [9.17, 15) is 14.0 Å². The molecule has 2 heterocycles. The summed E-state index contributed by atoms with van der Waals surface area (Å²) in [5, 5.41) is 3.83. The van der Waals surface area contributed by atoms with Crippen molar-refractivity contribution in [1.82, 2.24) is 19.7 Å². The Balaban J connectivity index is 1.47. The van der Waals surface area contributed by atoms with Gasteiger partial charge in [0.1, 0.15) is 11.6 Å². The lowest BCUT2D eigenvalue weighted by atomic mass is 9.96. The second-order valence-corrected chi connectivity index (χ2v) is 9.57. The third-order valence-electron chi connectivity index (χ3n) is 6.83. The fraction of sp³-hybridized carbons (Fsp3) is 0.226. The van der Waals surface area contributed by atoms with Gasteiger partial charge < -0.3 is 0 Å². The maximum absolute atomic E-state index is 13.7. The molecule has 198 valence electrons. The predicted octanol–water partition coefficient (Wildman–Crippen LogP) is 5.68. The first-order chi connectivity index (χ1) is 18.9. The number of halogens is 1. The number of hydrogen-bond acceptors (Lipinski definition) is 5. The van der Waals surface area contributed by atoms with E-state index in [1.165, 1.54) is 12.1 Å². The summed E-state index contributed by atoms with van der Waals surface area (Å²) in [6.45, 7) is 4.30. The van der Waals surface area contributed by atoms with Gasteiger partial charge in [0, 0.05) is 17.5 Å². The van der Waals surface area contributed by atoms with E-state index in [1.54, 1.807) is 16.7 Å². The summed E-state index contributed by atoms with van der Waals surface area (Å²) in [6.07, 6.45) is 3.14. The standard InChI is InChI=1S/C31H29FN4O3/c1-3-4-9-28-27(30(37)36(20(2)33-28)19-22-12-16-24(32)17-13-22)18-21-10-14-23(15-11-21)25-7-5-6-8-26(25)29-34-31(38)39-35-29/h5-8,10-17H,3-4,9,18-19H2,1-2H3,(H,34,35,38). The van der Waals surface area contributed by atoms with E-state index in [1.807, 2.05) is 55.5 Å². The third-order valence-corrected chi connectivity index (χ3v) is 6.83. The lowest BCUT2D eigenvalue weighted by Gasteiger charge is -2.16. The van der Waals surface area contributed by atoms with E-state index >= 15 is 0 Å². The quantitative estimate of drug-likeness (QED) is 0.268. The molecule has 39 heavy (non-hydrogen) atoms. The number of aromatic amines is 1. The third kappa shape index (κ3) is 5.80. The monoisotopic (exact) mass is 524 g/mol. The largest absolute Gasteiger partial charge is 0.439 e. The highest BCUT2D eigenvalue weighted by Crippen LogP contribution is 2.30. The minimum atomic E-state index is -0.606. The van der Waals surface area contributed by atoms with Crippen molar-refractivity contribution in [3.63, 3.8) is 0 Å². The van der Waals surface area contributed by atoms with Crippen LogP contribution < -0.4 is 11.3 Å². The van der Waals surface area contributed by atoms with Crippen LogP contribution in [-0.2, 0) is 19.4 Å². The molecule has 0 aliphatic heterocycles. The van der Waals surface area contributed by atoms with Gasteiger partial charge in [0.2, 0.25) is 0 Å². The van der Waals surface area contributed by atoms with Crippen molar-refractivity contribution in [2.24, 2.45) is 0 Å². The number of aromatic nitrogens is 4. The zero-order valence-corrected chi connectivity index (χ0v) is 21.9. The molecule has 0 saturated carbocycles. The van der Waals surface area contributed by atoms with E-state index in [0.29, 0.717) is 30.2 Å². The average molecular weight is 525 g/mol. The molecule has 0 aliphatic carbocycles. The Kier molecular flexibility index (Phi) is 7.63. The zero-order chi connectivity index (χ0) is 27.4. The molecule has 0 radical (unpaired) electrons. The maximum atomic E-state index is 13.7. The van der Waals surface area contributed by atoms with E-state index in [2.05, 4.69) is 17.1 Å². The Morgan fingerprint density at radius 3 is 2.28 bits per heavy atom. The molecule has 5 aromatic rings. The van der Waals surface area contributed by atoms with Gasteiger partial charge in [-0.1, -0.05) is 79.2 Å². The fourth-order valence-corrected chi connectivity index (χ4v) is 4.74. The van der Waals surface area contributed by atoms with Crippen molar-refractivity contribution < 1.29 is 8.91 Å². The molecule has 3 aromatic carbocycles. The van der Waals surface area contributed by atoms with Gasteiger partial charge in [-0.05, 0) is 54.2 Å². The molecule has 0 aliphatic rings. The van der Waals surface area contributed by atoms with Gasteiger partial charge in [0.05, 0.1) is 12.2 Å². The number of unbranched alkanes of at least 4 members (excludes halogenated alkanes) is 1. The molecule has 0 atom stereocenters. The topological polar surface area (TPSA) is 93.8 Å². The van der Waals surface area contributed by atoms with Gasteiger partial charge in [0.15, 0.2) is 5.82 Å². The van der Waals surface area contributed by atoms with Crippen LogP contribution in [-0.4, -0.2) is 19.7 Å². The van der Waals surface area contributed by atoms with Gasteiger partial charge >= 0.3 is 5.76 Å². The maximum Gasteiger partial charge on any atom is 0.439 e. The molecule has 2 aromatic heterocycles. The predicted molar refractivity (Wildman–Crippen MR) is 148 cm³/mol. The Morgan fingerprint density at radius 2 is 1.62 bits per heavy atom. The summed E-state index contributed by atoms with van der Waals surface area (Å²) in [4.78, 5) is 32.7. The Bertz CT molecular complexity index is 1700. The number of nitrogens with one attached hydrogen (secondary N) is 1. The molecule has 8 heteroatoms. The highest BCUT2D eigenvalue weighted by Gasteiger charge is 2.16. The summed E-state index contributed by atoms with van der Waals surface area (Å²) in [5.74, 6) is 0.104. The van der Waals surface area contributed by atoms with Crippen LogP contribution in [0.2, 0.25) is 0 Å². The van der Waals surface area contributed by atoms with Crippen LogP contribution in [0, 0.1) is 12.7 Å². The van der Waals surface area contributed by atoms with Crippen molar-refractivity contribution in [2.75, 3.05) is 0 Å². The number of rotatable bonds is 9. The van der Waals surface area contributed by atoms with E-state index < -0.39 is 5.76 Å². The summed E-state index contributed by atoms with van der Waals surface area (Å²) < 4.78 is 19.8. The van der Waals surface area contributed by atoms with Crippen LogP contribution in [0.5, 0.6) is 0 Å². The number of H-pyrrole nitrogens is 1. The van der Waals surface area contributed by atoms with Crippen molar-refractivity contribution in [3.8, 4) is 22.5 Å². The minimum Gasteiger partial charge on any atom is -0.296 e. The average Bonchev–Trinajstić information content (AvgIpc) is 3.39. The molecule has 0 saturated heterocycles. The van der Waals surface area contributed by atoms with Crippen molar-refractivity contribution >= 4 is 0 Å². The molecule has 0 fully saturated rings. The molecular weight excluding hydrogens is 495 g/mol. The summed E-state index contributed by atoms with van der Waals surface area (Å²) >= 11 is 0. The van der Waals surface area contributed by atoms with Crippen LogP contribution >= 0.6 is 0 Å². The van der Waals surface area contributed by atoms with Crippen LogP contribution in [0.4, 0.5) is 4.39 Å². The van der Waals surface area contributed by atoms with Crippen LogP contribution in [0.15, 0.2) is 86.9 Å². The van der Waals surface area contributed by atoms with Gasteiger partial charge in [-0.3, -0.25) is 18.9 Å². The SMILES string of the molecule is CCCCc1nc(C)n(Cc2ccc(F)cc2)c(=O)c1Cc1ccc(-c2ccccc2-c2noc(=O)[nH]2)cc1. The lowest BCUT2D eigenvalue weighted by molar-refractivity contribution is 0.388. The Morgan fingerprint density at radius 1 is 0.923 bits per heavy atom. The lowest BCUT2D eigenvalue weighted by Crippen LogP contribution is -2.30. The Hall–Kier alpha value is -4.59. The summed E-state index contributed by atoms with van der Waals surface area (Å²) in [6, 6.07) is 21.8. The number of aryl methyl sites for hydroxylation is 2. The molecule has 0 amide bonds. The van der Waals surface area contributed by atoms with Gasteiger partial charge in [-0.2, -0.15) is 0 Å². The smallest absolute Gasteiger partial charge is 0.296 e. The zero-order valence-electron chi connectivity index (χ0n) is 21.9. The van der Waals surface area contributed by atoms with Gasteiger partial charge in [0.25, 0.3) is 5.56 Å². The number of benzene rings is 3. The molecule has 0 unspecified atom stereocenters. The second kappa shape index (κ2) is 11.4. The number of nitrogens with zero attached hydrogens (tertiary/aromatic N) is 3. The van der Waals surface area contributed by atoms with Crippen LogP contribution in [0.1, 0.15) is 48.0 Å². The second-order valence-electron chi connectivity index (χ2n) is 9.57. The van der Waals surface area contributed by atoms with Crippen molar-refractivity contribution in [2.45, 2.75) is 46.1 Å². The van der Waals surface area contributed by atoms with Crippen molar-refractivity contribution in [3.05, 3.63) is 128 Å². The molecule has 1 N–H and O–H groups in total. The first kappa shape index (κ1) is 26.0. The van der Waals surface area contributed by atoms with E-state index in [0.717, 1.165) is 52.8 Å². The van der Waals surface area contributed by atoms with E-state index in [4.69, 9.17) is 9.51 Å². The molecule has 0 spiro atoms.